The van der Waals surface area contributed by atoms with Crippen molar-refractivity contribution in [2.45, 2.75) is 19.4 Å². The molecule has 0 amide bonds. The zero-order valence-electron chi connectivity index (χ0n) is 9.15. The Bertz CT molecular complexity index is 552. The molecule has 1 aromatic carbocycles. The van der Waals surface area contributed by atoms with Gasteiger partial charge in [0.05, 0.1) is 4.92 Å². The lowest BCUT2D eigenvalue weighted by molar-refractivity contribution is -0.383. The predicted octanol–water partition coefficient (Wildman–Crippen LogP) is 2.27. The lowest BCUT2D eigenvalue weighted by Gasteiger charge is -2.17. The number of nitrogens with one attached hydrogen (secondary N) is 1. The minimum absolute atomic E-state index is 0.0769. The van der Waals surface area contributed by atoms with E-state index >= 15 is 0 Å². The van der Waals surface area contributed by atoms with Crippen molar-refractivity contribution in [2.75, 3.05) is 0 Å². The molecule has 0 aliphatic heterocycles. The highest BCUT2D eigenvalue weighted by atomic mass is 16.6. The number of H-pyrrole nitrogens is 1. The van der Waals surface area contributed by atoms with Gasteiger partial charge in [0.25, 0.3) is 5.69 Å². The van der Waals surface area contributed by atoms with Crippen LogP contribution in [0.25, 0.3) is 10.9 Å². The summed E-state index contributed by atoms with van der Waals surface area (Å²) in [6.45, 7) is 3.74. The molecular formula is C11H13N3O2. The van der Waals surface area contributed by atoms with Crippen molar-refractivity contribution in [2.24, 2.45) is 5.73 Å². The number of benzene rings is 1. The average molecular weight is 219 g/mol. The Morgan fingerprint density at radius 1 is 1.44 bits per heavy atom. The van der Waals surface area contributed by atoms with E-state index < -0.39 is 10.5 Å². The number of non-ortho nitro benzene ring substituents is 1. The number of nitrogens with two attached hydrogens (primary N) is 1. The number of hydrogen-bond acceptors (Lipinski definition) is 3. The first kappa shape index (κ1) is 10.6. The minimum Gasteiger partial charge on any atom is -0.355 e. The Kier molecular flexibility index (Phi) is 2.20. The molecular weight excluding hydrogens is 206 g/mol. The van der Waals surface area contributed by atoms with Crippen LogP contribution in [0, 0.1) is 10.1 Å². The highest BCUT2D eigenvalue weighted by Crippen LogP contribution is 2.31. The van der Waals surface area contributed by atoms with Crippen LogP contribution < -0.4 is 5.73 Å². The molecule has 0 fully saturated rings. The normalized spacial score (nSPS) is 11.9. The molecule has 0 aliphatic rings. The van der Waals surface area contributed by atoms with Gasteiger partial charge < -0.3 is 10.7 Å². The Hall–Kier alpha value is -1.88. The van der Waals surface area contributed by atoms with E-state index in [2.05, 4.69) is 4.98 Å². The van der Waals surface area contributed by atoms with Gasteiger partial charge in [-0.15, -0.1) is 0 Å². The molecule has 5 heteroatoms. The number of nitro benzene ring substituents is 1. The largest absolute Gasteiger partial charge is 0.355 e. The molecule has 0 unspecified atom stereocenters. The second kappa shape index (κ2) is 3.31. The summed E-state index contributed by atoms with van der Waals surface area (Å²) in [6, 6.07) is 4.98. The van der Waals surface area contributed by atoms with Crippen LogP contribution in [-0.4, -0.2) is 9.91 Å². The monoisotopic (exact) mass is 219 g/mol. The zero-order chi connectivity index (χ0) is 11.9. The van der Waals surface area contributed by atoms with Gasteiger partial charge in [0.2, 0.25) is 0 Å². The number of aromatic amines is 1. The maximum absolute atomic E-state index is 10.8. The van der Waals surface area contributed by atoms with Crippen molar-refractivity contribution in [1.82, 2.24) is 4.98 Å². The molecule has 0 radical (unpaired) electrons. The van der Waals surface area contributed by atoms with E-state index in [1.54, 1.807) is 12.3 Å². The average Bonchev–Trinajstić information content (AvgIpc) is 2.59. The van der Waals surface area contributed by atoms with E-state index in [0.717, 1.165) is 10.9 Å². The number of aromatic nitrogens is 1. The summed E-state index contributed by atoms with van der Waals surface area (Å²) >= 11 is 0. The van der Waals surface area contributed by atoms with Gasteiger partial charge in [-0.2, -0.15) is 0 Å². The van der Waals surface area contributed by atoms with Gasteiger partial charge in [-0.3, -0.25) is 10.1 Å². The molecule has 1 heterocycles. The molecule has 1 aromatic heterocycles. The molecule has 0 saturated carbocycles. The molecule has 2 aromatic rings. The maximum Gasteiger partial charge on any atom is 0.293 e. The Labute approximate surface area is 92.4 Å². The van der Waals surface area contributed by atoms with Crippen molar-refractivity contribution < 1.29 is 4.92 Å². The SMILES string of the molecule is CC(C)(N)c1c[nH]c2c([N+](=O)[O-])cccc12. The summed E-state index contributed by atoms with van der Waals surface area (Å²) in [7, 11) is 0. The molecule has 0 saturated heterocycles. The lowest BCUT2D eigenvalue weighted by atomic mass is 9.95. The van der Waals surface area contributed by atoms with Crippen molar-refractivity contribution >= 4 is 16.6 Å². The molecule has 16 heavy (non-hydrogen) atoms. The van der Waals surface area contributed by atoms with Gasteiger partial charge in [-0.25, -0.2) is 0 Å². The van der Waals surface area contributed by atoms with Crippen LogP contribution in [0.1, 0.15) is 19.4 Å². The fraction of sp³-hybridized carbons (Fsp3) is 0.273. The van der Waals surface area contributed by atoms with Crippen LogP contribution in [-0.2, 0) is 5.54 Å². The van der Waals surface area contributed by atoms with Gasteiger partial charge in [-0.05, 0) is 19.4 Å². The van der Waals surface area contributed by atoms with Crippen LogP contribution >= 0.6 is 0 Å². The Morgan fingerprint density at radius 2 is 2.12 bits per heavy atom. The number of rotatable bonds is 2. The van der Waals surface area contributed by atoms with Crippen molar-refractivity contribution in [3.05, 3.63) is 40.1 Å². The summed E-state index contributed by atoms with van der Waals surface area (Å²) in [5.41, 5.74) is 6.97. The Balaban J connectivity index is 2.76. The third kappa shape index (κ3) is 1.55. The van der Waals surface area contributed by atoms with Gasteiger partial charge in [0.1, 0.15) is 5.52 Å². The van der Waals surface area contributed by atoms with E-state index in [0.29, 0.717) is 5.52 Å². The first-order chi connectivity index (χ1) is 7.41. The first-order valence-electron chi connectivity index (χ1n) is 4.95. The number of fused-ring (bicyclic) bond motifs is 1. The first-order valence-corrected chi connectivity index (χ1v) is 4.95. The topological polar surface area (TPSA) is 85.0 Å². The summed E-state index contributed by atoms with van der Waals surface area (Å²) in [4.78, 5) is 13.4. The van der Waals surface area contributed by atoms with E-state index in [4.69, 9.17) is 5.73 Å². The molecule has 5 nitrogen and oxygen atoms in total. The lowest BCUT2D eigenvalue weighted by Crippen LogP contribution is -2.28. The molecule has 3 N–H and O–H groups in total. The fourth-order valence-corrected chi connectivity index (χ4v) is 1.82. The standard InChI is InChI=1S/C11H13N3O2/c1-11(2,12)8-6-13-10-7(8)4-3-5-9(10)14(15)16/h3-6,13H,12H2,1-2H3. The summed E-state index contributed by atoms with van der Waals surface area (Å²) in [5.74, 6) is 0. The van der Waals surface area contributed by atoms with E-state index in [1.807, 2.05) is 19.9 Å². The van der Waals surface area contributed by atoms with Crippen LogP contribution in [0.4, 0.5) is 5.69 Å². The summed E-state index contributed by atoms with van der Waals surface area (Å²) in [6.07, 6.45) is 1.73. The van der Waals surface area contributed by atoms with Gasteiger partial charge >= 0.3 is 0 Å². The number of nitro groups is 1. The molecule has 0 spiro atoms. The van der Waals surface area contributed by atoms with Crippen molar-refractivity contribution in [3.63, 3.8) is 0 Å². The minimum atomic E-state index is -0.520. The molecule has 0 atom stereocenters. The third-order valence-electron chi connectivity index (χ3n) is 2.58. The predicted molar refractivity (Wildman–Crippen MR) is 62.2 cm³/mol. The second-order valence-electron chi connectivity index (χ2n) is 4.38. The summed E-state index contributed by atoms with van der Waals surface area (Å²) in [5, 5.41) is 11.6. The van der Waals surface area contributed by atoms with Crippen LogP contribution in [0.5, 0.6) is 0 Å². The second-order valence-corrected chi connectivity index (χ2v) is 4.38. The maximum atomic E-state index is 10.8. The van der Waals surface area contributed by atoms with Crippen molar-refractivity contribution in [1.29, 1.82) is 0 Å². The van der Waals surface area contributed by atoms with E-state index in [1.165, 1.54) is 6.07 Å². The van der Waals surface area contributed by atoms with Crippen LogP contribution in [0.2, 0.25) is 0 Å². The van der Waals surface area contributed by atoms with E-state index in [9.17, 15) is 10.1 Å². The fourth-order valence-electron chi connectivity index (χ4n) is 1.82. The third-order valence-corrected chi connectivity index (χ3v) is 2.58. The number of nitrogens with zero attached hydrogens (tertiary/aromatic N) is 1. The van der Waals surface area contributed by atoms with Crippen molar-refractivity contribution in [3.8, 4) is 0 Å². The Morgan fingerprint density at radius 3 is 2.69 bits per heavy atom. The molecule has 84 valence electrons. The number of para-hydroxylation sites is 1. The van der Waals surface area contributed by atoms with Gasteiger partial charge in [0, 0.05) is 23.2 Å². The van der Waals surface area contributed by atoms with Gasteiger partial charge in [-0.1, -0.05) is 12.1 Å². The number of hydrogen-bond donors (Lipinski definition) is 2. The zero-order valence-corrected chi connectivity index (χ0v) is 9.15. The smallest absolute Gasteiger partial charge is 0.293 e. The molecule has 0 aliphatic carbocycles. The van der Waals surface area contributed by atoms with Gasteiger partial charge in [0.15, 0.2) is 0 Å². The highest BCUT2D eigenvalue weighted by Gasteiger charge is 2.22. The molecule has 0 bridgehead atoms. The highest BCUT2D eigenvalue weighted by molar-refractivity contribution is 5.91. The van der Waals surface area contributed by atoms with Crippen LogP contribution in [0.3, 0.4) is 0 Å². The van der Waals surface area contributed by atoms with Crippen LogP contribution in [0.15, 0.2) is 24.4 Å². The quantitative estimate of drug-likeness (QED) is 0.600. The summed E-state index contributed by atoms with van der Waals surface area (Å²) < 4.78 is 0. The van der Waals surface area contributed by atoms with E-state index in [-0.39, 0.29) is 5.69 Å². The molecule has 2 rings (SSSR count).